The van der Waals surface area contributed by atoms with Gasteiger partial charge in [0.2, 0.25) is 0 Å². The predicted octanol–water partition coefficient (Wildman–Crippen LogP) is 3.72. The summed E-state index contributed by atoms with van der Waals surface area (Å²) in [7, 11) is 0. The van der Waals surface area contributed by atoms with Gasteiger partial charge in [-0.3, -0.25) is 0 Å². The third-order valence-electron chi connectivity index (χ3n) is 4.99. The molecule has 0 aromatic heterocycles. The summed E-state index contributed by atoms with van der Waals surface area (Å²) in [5.74, 6) is 1.99. The first-order valence-electron chi connectivity index (χ1n) is 8.31. The second-order valence-electron chi connectivity index (χ2n) is 6.43. The molecule has 110 valence electrons. The molecule has 1 aliphatic carbocycles. The lowest BCUT2D eigenvalue weighted by Crippen LogP contribution is -2.35. The van der Waals surface area contributed by atoms with E-state index < -0.39 is 0 Å². The monoisotopic (exact) mass is 273 g/mol. The topological polar surface area (TPSA) is 21.3 Å². The Bertz CT molecular complexity index is 437. The molecule has 2 nitrogen and oxygen atoms in total. The van der Waals surface area contributed by atoms with Gasteiger partial charge in [0, 0.05) is 12.5 Å². The molecule has 1 fully saturated rings. The van der Waals surface area contributed by atoms with Crippen molar-refractivity contribution in [2.45, 2.75) is 57.9 Å². The van der Waals surface area contributed by atoms with Crippen molar-refractivity contribution >= 4 is 0 Å². The zero-order chi connectivity index (χ0) is 13.8. The maximum atomic E-state index is 5.56. The molecular formula is C18H27NO. The summed E-state index contributed by atoms with van der Waals surface area (Å²) in [6.07, 6.45) is 9.36. The minimum atomic E-state index is 0.674. The van der Waals surface area contributed by atoms with E-state index in [0.29, 0.717) is 6.04 Å². The van der Waals surface area contributed by atoms with Crippen molar-refractivity contribution in [3.8, 4) is 5.75 Å². The second-order valence-corrected chi connectivity index (χ2v) is 6.43. The summed E-state index contributed by atoms with van der Waals surface area (Å²) in [6, 6.07) is 7.36. The number of ether oxygens (including phenoxy) is 1. The number of benzene rings is 1. The van der Waals surface area contributed by atoms with Crippen LogP contribution in [0.25, 0.3) is 0 Å². The second kappa shape index (κ2) is 6.62. The van der Waals surface area contributed by atoms with E-state index in [2.05, 4.69) is 30.4 Å². The van der Waals surface area contributed by atoms with Crippen LogP contribution in [0.3, 0.4) is 0 Å². The highest BCUT2D eigenvalue weighted by Crippen LogP contribution is 2.27. The molecule has 2 heteroatoms. The summed E-state index contributed by atoms with van der Waals surface area (Å²) in [5.41, 5.74) is 2.83. The molecular weight excluding hydrogens is 246 g/mol. The Balaban J connectivity index is 1.45. The van der Waals surface area contributed by atoms with Gasteiger partial charge in [0.1, 0.15) is 5.75 Å². The van der Waals surface area contributed by atoms with Gasteiger partial charge in [-0.1, -0.05) is 31.4 Å². The van der Waals surface area contributed by atoms with Crippen LogP contribution < -0.4 is 10.1 Å². The zero-order valence-electron chi connectivity index (χ0n) is 12.7. The molecule has 1 N–H and O–H groups in total. The van der Waals surface area contributed by atoms with Crippen LogP contribution in [0.5, 0.6) is 5.75 Å². The lowest BCUT2D eigenvalue weighted by atomic mass is 9.84. The van der Waals surface area contributed by atoms with Crippen LogP contribution in [-0.2, 0) is 12.8 Å². The van der Waals surface area contributed by atoms with E-state index in [9.17, 15) is 0 Å². The average molecular weight is 273 g/mol. The average Bonchev–Trinajstić information content (AvgIpc) is 2.95. The molecule has 1 aromatic rings. The molecule has 0 radical (unpaired) electrons. The summed E-state index contributed by atoms with van der Waals surface area (Å²) >= 11 is 0. The van der Waals surface area contributed by atoms with Crippen molar-refractivity contribution in [3.63, 3.8) is 0 Å². The minimum absolute atomic E-state index is 0.674. The van der Waals surface area contributed by atoms with Crippen LogP contribution in [0.15, 0.2) is 18.2 Å². The largest absolute Gasteiger partial charge is 0.493 e. The summed E-state index contributed by atoms with van der Waals surface area (Å²) in [5, 5.41) is 3.74. The first-order chi connectivity index (χ1) is 9.83. The summed E-state index contributed by atoms with van der Waals surface area (Å²) < 4.78 is 5.56. The first-order valence-corrected chi connectivity index (χ1v) is 8.31. The fourth-order valence-electron chi connectivity index (χ4n) is 3.64. The van der Waals surface area contributed by atoms with Gasteiger partial charge in [0.15, 0.2) is 0 Å². The molecule has 1 aromatic carbocycles. The Morgan fingerprint density at radius 1 is 1.25 bits per heavy atom. The lowest BCUT2D eigenvalue weighted by Gasteiger charge is -2.28. The van der Waals surface area contributed by atoms with Gasteiger partial charge < -0.3 is 10.1 Å². The van der Waals surface area contributed by atoms with Crippen molar-refractivity contribution in [2.75, 3.05) is 13.2 Å². The van der Waals surface area contributed by atoms with E-state index in [1.54, 1.807) is 0 Å². The van der Waals surface area contributed by atoms with Crippen LogP contribution in [-0.4, -0.2) is 19.2 Å². The number of nitrogens with one attached hydrogen (secondary N) is 1. The van der Waals surface area contributed by atoms with E-state index in [-0.39, 0.29) is 0 Å². The molecule has 1 atom stereocenters. The quantitative estimate of drug-likeness (QED) is 0.883. The Morgan fingerprint density at radius 2 is 2.10 bits per heavy atom. The van der Waals surface area contributed by atoms with Crippen molar-refractivity contribution in [3.05, 3.63) is 29.3 Å². The van der Waals surface area contributed by atoms with Crippen LogP contribution in [0, 0.1) is 5.92 Å². The minimum Gasteiger partial charge on any atom is -0.493 e. The third-order valence-corrected chi connectivity index (χ3v) is 4.99. The summed E-state index contributed by atoms with van der Waals surface area (Å²) in [6.45, 7) is 4.32. The van der Waals surface area contributed by atoms with Crippen LogP contribution in [0.2, 0.25) is 0 Å². The molecule has 2 aliphatic rings. The zero-order valence-corrected chi connectivity index (χ0v) is 12.7. The van der Waals surface area contributed by atoms with E-state index in [1.165, 1.54) is 43.2 Å². The highest BCUT2D eigenvalue weighted by atomic mass is 16.5. The van der Waals surface area contributed by atoms with Gasteiger partial charge in [0.05, 0.1) is 6.61 Å². The molecule has 3 rings (SSSR count). The van der Waals surface area contributed by atoms with Crippen LogP contribution in [0.1, 0.15) is 50.2 Å². The van der Waals surface area contributed by atoms with E-state index in [0.717, 1.165) is 37.7 Å². The summed E-state index contributed by atoms with van der Waals surface area (Å²) in [4.78, 5) is 0. The standard InChI is InChI=1S/C18H27NO/c1-14(16-5-3-2-4-6-16)19-11-9-15-7-8-18-17(13-15)10-12-20-18/h7-8,13-14,16,19H,2-6,9-12H2,1H3. The van der Waals surface area contributed by atoms with Gasteiger partial charge in [-0.05, 0) is 55.8 Å². The van der Waals surface area contributed by atoms with Gasteiger partial charge in [-0.15, -0.1) is 0 Å². The smallest absolute Gasteiger partial charge is 0.122 e. The maximum Gasteiger partial charge on any atom is 0.122 e. The highest BCUT2D eigenvalue weighted by molar-refractivity contribution is 5.39. The van der Waals surface area contributed by atoms with Crippen molar-refractivity contribution < 1.29 is 4.74 Å². The maximum absolute atomic E-state index is 5.56. The highest BCUT2D eigenvalue weighted by Gasteiger charge is 2.19. The molecule has 1 heterocycles. The van der Waals surface area contributed by atoms with Gasteiger partial charge >= 0.3 is 0 Å². The molecule has 1 unspecified atom stereocenters. The van der Waals surface area contributed by atoms with E-state index in [1.807, 2.05) is 0 Å². The normalized spacial score (nSPS) is 20.4. The van der Waals surface area contributed by atoms with Gasteiger partial charge in [0.25, 0.3) is 0 Å². The molecule has 0 bridgehead atoms. The molecule has 20 heavy (non-hydrogen) atoms. The SMILES string of the molecule is CC(NCCc1ccc2c(c1)CCO2)C1CCCCC1. The van der Waals surface area contributed by atoms with Crippen LogP contribution >= 0.6 is 0 Å². The van der Waals surface area contributed by atoms with Gasteiger partial charge in [-0.2, -0.15) is 0 Å². The molecule has 1 saturated carbocycles. The Labute approximate surface area is 122 Å². The Morgan fingerprint density at radius 3 is 2.95 bits per heavy atom. The molecule has 0 amide bonds. The third kappa shape index (κ3) is 3.35. The van der Waals surface area contributed by atoms with E-state index >= 15 is 0 Å². The fourth-order valence-corrected chi connectivity index (χ4v) is 3.64. The number of hydrogen-bond acceptors (Lipinski definition) is 2. The van der Waals surface area contributed by atoms with Crippen molar-refractivity contribution in [2.24, 2.45) is 5.92 Å². The van der Waals surface area contributed by atoms with E-state index in [4.69, 9.17) is 4.74 Å². The fraction of sp³-hybridized carbons (Fsp3) is 0.667. The first kappa shape index (κ1) is 13.9. The van der Waals surface area contributed by atoms with Crippen LogP contribution in [0.4, 0.5) is 0 Å². The molecule has 1 aliphatic heterocycles. The lowest BCUT2D eigenvalue weighted by molar-refractivity contribution is 0.283. The Hall–Kier alpha value is -1.02. The number of fused-ring (bicyclic) bond motifs is 1. The van der Waals surface area contributed by atoms with Crippen molar-refractivity contribution in [1.82, 2.24) is 5.32 Å². The number of hydrogen-bond donors (Lipinski definition) is 1. The van der Waals surface area contributed by atoms with Gasteiger partial charge in [-0.25, -0.2) is 0 Å². The van der Waals surface area contributed by atoms with Crippen molar-refractivity contribution in [1.29, 1.82) is 0 Å². The predicted molar refractivity (Wildman–Crippen MR) is 83.4 cm³/mol. The molecule has 0 saturated heterocycles. The Kier molecular flexibility index (Phi) is 4.62. The number of rotatable bonds is 5. The molecule has 0 spiro atoms.